The van der Waals surface area contributed by atoms with E-state index in [2.05, 4.69) is 10.3 Å². The lowest BCUT2D eigenvalue weighted by Gasteiger charge is -2.08. The Kier molecular flexibility index (Phi) is 7.06. The Morgan fingerprint density at radius 3 is 2.32 bits per heavy atom. The number of hydrogen-bond donors (Lipinski definition) is 1. The zero-order chi connectivity index (χ0) is 19.8. The molecule has 0 aliphatic heterocycles. The molecule has 0 aromatic heterocycles. The van der Waals surface area contributed by atoms with Crippen LogP contribution in [0.2, 0.25) is 10.0 Å². The topological polar surface area (TPSA) is 50.7 Å². The molecule has 3 rings (SSSR count). The summed E-state index contributed by atoms with van der Waals surface area (Å²) in [7, 11) is 0. The van der Waals surface area contributed by atoms with Crippen LogP contribution in [-0.4, -0.2) is 18.7 Å². The van der Waals surface area contributed by atoms with E-state index in [0.29, 0.717) is 28.0 Å². The summed E-state index contributed by atoms with van der Waals surface area (Å²) in [6, 6.07) is 22.1. The molecule has 0 saturated carbocycles. The van der Waals surface area contributed by atoms with Gasteiger partial charge >= 0.3 is 0 Å². The normalized spacial score (nSPS) is 10.8. The van der Waals surface area contributed by atoms with Crippen LogP contribution in [0.15, 0.2) is 77.8 Å². The molecule has 142 valence electrons. The van der Waals surface area contributed by atoms with Gasteiger partial charge in [-0.2, -0.15) is 0 Å². The molecule has 0 atom stereocenters. The van der Waals surface area contributed by atoms with Crippen LogP contribution in [0, 0.1) is 0 Å². The second-order valence-corrected chi connectivity index (χ2v) is 6.88. The average Bonchev–Trinajstić information content (AvgIpc) is 2.70. The number of rotatable bonds is 7. The van der Waals surface area contributed by atoms with E-state index in [1.54, 1.807) is 36.5 Å². The summed E-state index contributed by atoms with van der Waals surface area (Å²) >= 11 is 11.9. The first-order valence-electron chi connectivity index (χ1n) is 8.62. The van der Waals surface area contributed by atoms with Gasteiger partial charge in [0.05, 0.1) is 5.69 Å². The lowest BCUT2D eigenvalue weighted by Crippen LogP contribution is -2.28. The molecule has 3 aromatic rings. The molecule has 1 N–H and O–H groups in total. The van der Waals surface area contributed by atoms with Gasteiger partial charge in [0.1, 0.15) is 5.75 Å². The summed E-state index contributed by atoms with van der Waals surface area (Å²) < 4.78 is 5.51. The fourth-order valence-corrected chi connectivity index (χ4v) is 2.92. The van der Waals surface area contributed by atoms with Crippen molar-refractivity contribution in [2.45, 2.75) is 6.54 Å². The maximum Gasteiger partial charge on any atom is 0.258 e. The van der Waals surface area contributed by atoms with Crippen molar-refractivity contribution in [3.8, 4) is 5.75 Å². The molecule has 0 heterocycles. The minimum Gasteiger partial charge on any atom is -0.484 e. The maximum absolute atomic E-state index is 11.9. The summed E-state index contributed by atoms with van der Waals surface area (Å²) in [4.78, 5) is 16.2. The Labute approximate surface area is 173 Å². The molecule has 0 radical (unpaired) electrons. The fraction of sp³-hybridized carbons (Fsp3) is 0.0909. The van der Waals surface area contributed by atoms with Gasteiger partial charge in [-0.15, -0.1) is 0 Å². The van der Waals surface area contributed by atoms with Crippen LogP contribution in [0.25, 0.3) is 0 Å². The summed E-state index contributed by atoms with van der Waals surface area (Å²) in [5, 5.41) is 3.89. The minimum atomic E-state index is -0.174. The van der Waals surface area contributed by atoms with Gasteiger partial charge in [-0.05, 0) is 53.6 Å². The van der Waals surface area contributed by atoms with Crippen LogP contribution in [0.1, 0.15) is 11.1 Å². The highest BCUT2D eigenvalue weighted by Crippen LogP contribution is 2.24. The van der Waals surface area contributed by atoms with E-state index in [4.69, 9.17) is 27.9 Å². The molecule has 0 fully saturated rings. The number of carbonyl (C=O) groups excluding carboxylic acids is 1. The van der Waals surface area contributed by atoms with E-state index in [9.17, 15) is 4.79 Å². The van der Waals surface area contributed by atoms with Crippen LogP contribution in [-0.2, 0) is 11.3 Å². The molecule has 6 heteroatoms. The second kappa shape index (κ2) is 9.93. The first-order valence-corrected chi connectivity index (χ1v) is 9.38. The predicted octanol–water partition coefficient (Wildman–Crippen LogP) is 5.44. The van der Waals surface area contributed by atoms with Gasteiger partial charge in [-0.25, -0.2) is 0 Å². The number of carbonyl (C=O) groups is 1. The van der Waals surface area contributed by atoms with Gasteiger partial charge in [0.15, 0.2) is 6.61 Å². The number of nitrogens with zero attached hydrogens (tertiary/aromatic N) is 1. The third-order valence-electron chi connectivity index (χ3n) is 3.79. The first kappa shape index (κ1) is 19.9. The van der Waals surface area contributed by atoms with Crippen LogP contribution in [0.3, 0.4) is 0 Å². The lowest BCUT2D eigenvalue weighted by atomic mass is 10.2. The van der Waals surface area contributed by atoms with Crippen LogP contribution >= 0.6 is 23.2 Å². The fourth-order valence-electron chi connectivity index (χ4n) is 2.41. The molecule has 3 aromatic carbocycles. The maximum atomic E-state index is 11.9. The highest BCUT2D eigenvalue weighted by molar-refractivity contribution is 6.35. The Bertz CT molecular complexity index is 938. The quantitative estimate of drug-likeness (QED) is 0.525. The molecule has 0 spiro atoms. The van der Waals surface area contributed by atoms with Crippen molar-refractivity contribution in [2.24, 2.45) is 4.99 Å². The Morgan fingerprint density at radius 2 is 1.64 bits per heavy atom. The number of nitrogens with one attached hydrogen (secondary N) is 1. The number of halogens is 2. The average molecular weight is 413 g/mol. The number of amides is 1. The monoisotopic (exact) mass is 412 g/mol. The Hall–Kier alpha value is -2.82. The van der Waals surface area contributed by atoms with Crippen LogP contribution < -0.4 is 10.1 Å². The number of hydrogen-bond acceptors (Lipinski definition) is 3. The largest absolute Gasteiger partial charge is 0.484 e. The summed E-state index contributed by atoms with van der Waals surface area (Å²) in [5.41, 5.74) is 2.60. The van der Waals surface area contributed by atoms with Gasteiger partial charge in [0.25, 0.3) is 5.91 Å². The van der Waals surface area contributed by atoms with E-state index < -0.39 is 0 Å². The highest BCUT2D eigenvalue weighted by Gasteiger charge is 2.03. The Balaban J connectivity index is 1.48. The Morgan fingerprint density at radius 1 is 0.964 bits per heavy atom. The van der Waals surface area contributed by atoms with Gasteiger partial charge in [0, 0.05) is 22.8 Å². The van der Waals surface area contributed by atoms with E-state index in [0.717, 1.165) is 11.1 Å². The van der Waals surface area contributed by atoms with E-state index in [1.807, 2.05) is 42.5 Å². The zero-order valence-electron chi connectivity index (χ0n) is 14.9. The molecule has 1 amide bonds. The molecule has 0 bridgehead atoms. The van der Waals surface area contributed by atoms with Crippen molar-refractivity contribution in [3.05, 3.63) is 94.0 Å². The van der Waals surface area contributed by atoms with Crippen molar-refractivity contribution in [1.29, 1.82) is 0 Å². The number of ether oxygens (including phenoxy) is 1. The molecule has 0 aliphatic rings. The second-order valence-electron chi connectivity index (χ2n) is 6.01. The minimum absolute atomic E-state index is 0.0404. The molecule has 4 nitrogen and oxygen atoms in total. The van der Waals surface area contributed by atoms with E-state index in [-0.39, 0.29) is 12.5 Å². The third-order valence-corrected chi connectivity index (χ3v) is 4.23. The van der Waals surface area contributed by atoms with Crippen LogP contribution in [0.4, 0.5) is 5.69 Å². The standard InChI is InChI=1S/C22H18Cl2N2O2/c23-18-10-19(24)12-20(11-18)25-13-17-6-8-21(9-7-17)28-15-22(27)26-14-16-4-2-1-3-5-16/h1-13H,14-15H2,(H,26,27). The third kappa shape index (κ3) is 6.41. The van der Waals surface area contributed by atoms with Crippen molar-refractivity contribution >= 4 is 41.0 Å². The van der Waals surface area contributed by atoms with Gasteiger partial charge in [0.2, 0.25) is 0 Å². The molecule has 0 saturated heterocycles. The van der Waals surface area contributed by atoms with Crippen molar-refractivity contribution < 1.29 is 9.53 Å². The lowest BCUT2D eigenvalue weighted by molar-refractivity contribution is -0.123. The molecule has 0 aliphatic carbocycles. The number of aliphatic imine (C=N–C) groups is 1. The smallest absolute Gasteiger partial charge is 0.258 e. The van der Waals surface area contributed by atoms with Crippen molar-refractivity contribution in [3.63, 3.8) is 0 Å². The van der Waals surface area contributed by atoms with Crippen molar-refractivity contribution in [2.75, 3.05) is 6.61 Å². The molecule has 0 unspecified atom stereocenters. The molecular weight excluding hydrogens is 395 g/mol. The highest BCUT2D eigenvalue weighted by atomic mass is 35.5. The SMILES string of the molecule is O=C(COc1ccc(C=Nc2cc(Cl)cc(Cl)c2)cc1)NCc1ccccc1. The molecule has 28 heavy (non-hydrogen) atoms. The molecular formula is C22H18Cl2N2O2. The van der Waals surface area contributed by atoms with Crippen LogP contribution in [0.5, 0.6) is 5.75 Å². The van der Waals surface area contributed by atoms with E-state index >= 15 is 0 Å². The van der Waals surface area contributed by atoms with Crippen molar-refractivity contribution in [1.82, 2.24) is 5.32 Å². The first-order chi connectivity index (χ1) is 13.6. The van der Waals surface area contributed by atoms with Gasteiger partial charge < -0.3 is 10.1 Å². The van der Waals surface area contributed by atoms with Gasteiger partial charge in [-0.3, -0.25) is 9.79 Å². The zero-order valence-corrected chi connectivity index (χ0v) is 16.5. The predicted molar refractivity (Wildman–Crippen MR) is 114 cm³/mol. The summed E-state index contributed by atoms with van der Waals surface area (Å²) in [6.07, 6.45) is 1.71. The summed E-state index contributed by atoms with van der Waals surface area (Å²) in [6.45, 7) is 0.438. The summed E-state index contributed by atoms with van der Waals surface area (Å²) in [5.74, 6) is 0.435. The van der Waals surface area contributed by atoms with Gasteiger partial charge in [-0.1, -0.05) is 53.5 Å². The number of benzene rings is 3. The van der Waals surface area contributed by atoms with E-state index in [1.165, 1.54) is 0 Å².